The first-order valence-corrected chi connectivity index (χ1v) is 14.2. The van der Waals surface area contributed by atoms with Crippen LogP contribution in [0.5, 0.6) is 0 Å². The minimum atomic E-state index is -0.728. The Morgan fingerprint density at radius 3 is 2.46 bits per heavy atom. The van der Waals surface area contributed by atoms with Crippen LogP contribution in [0.25, 0.3) is 0 Å². The van der Waals surface area contributed by atoms with Crippen LogP contribution in [-0.4, -0.2) is 49.1 Å². The van der Waals surface area contributed by atoms with Gasteiger partial charge in [-0.3, -0.25) is 4.79 Å². The fraction of sp³-hybridized carbons (Fsp3) is 0.742. The van der Waals surface area contributed by atoms with E-state index in [0.717, 1.165) is 37.7 Å². The van der Waals surface area contributed by atoms with E-state index < -0.39 is 11.2 Å². The first-order valence-electron chi connectivity index (χ1n) is 14.2. The molecule has 6 heteroatoms. The van der Waals surface area contributed by atoms with Gasteiger partial charge in [0, 0.05) is 18.9 Å². The van der Waals surface area contributed by atoms with Gasteiger partial charge in [-0.2, -0.15) is 0 Å². The molecule has 0 spiro atoms. The highest BCUT2D eigenvalue weighted by molar-refractivity contribution is 5.88. The monoisotopic (exact) mass is 516 g/mol. The van der Waals surface area contributed by atoms with E-state index in [1.807, 2.05) is 45.9 Å². The van der Waals surface area contributed by atoms with E-state index in [1.165, 1.54) is 0 Å². The summed E-state index contributed by atoms with van der Waals surface area (Å²) in [5, 5.41) is 0. The van der Waals surface area contributed by atoms with Crippen molar-refractivity contribution in [2.75, 3.05) is 13.2 Å². The van der Waals surface area contributed by atoms with Gasteiger partial charge in [0.25, 0.3) is 0 Å². The number of ether oxygens (including phenoxy) is 4. The van der Waals surface area contributed by atoms with Crippen molar-refractivity contribution in [2.24, 2.45) is 17.3 Å². The fourth-order valence-corrected chi connectivity index (χ4v) is 5.67. The van der Waals surface area contributed by atoms with Crippen molar-refractivity contribution in [3.63, 3.8) is 0 Å². The van der Waals surface area contributed by atoms with Crippen LogP contribution >= 0.6 is 0 Å². The highest BCUT2D eigenvalue weighted by Gasteiger charge is 2.48. The van der Waals surface area contributed by atoms with Crippen LogP contribution in [-0.2, 0) is 35.0 Å². The maximum absolute atomic E-state index is 14.6. The molecule has 2 aliphatic rings. The van der Waals surface area contributed by atoms with Gasteiger partial charge in [-0.15, -0.1) is 0 Å². The van der Waals surface area contributed by atoms with Crippen LogP contribution in [0.3, 0.4) is 0 Å². The summed E-state index contributed by atoms with van der Waals surface area (Å²) in [5.41, 5.74) is 0.383. The molecule has 2 unspecified atom stereocenters. The molecule has 2 saturated heterocycles. The molecule has 208 valence electrons. The van der Waals surface area contributed by atoms with Crippen LogP contribution in [0.4, 0.5) is 0 Å². The third-order valence-electron chi connectivity index (χ3n) is 7.92. The lowest BCUT2D eigenvalue weighted by molar-refractivity contribution is -0.289. The molecular formula is C31H48O6. The lowest BCUT2D eigenvalue weighted by Crippen LogP contribution is -2.53. The summed E-state index contributed by atoms with van der Waals surface area (Å²) in [6, 6.07) is 10.2. The van der Waals surface area contributed by atoms with Gasteiger partial charge in [-0.1, -0.05) is 51.1 Å². The Morgan fingerprint density at radius 2 is 1.84 bits per heavy atom. The van der Waals surface area contributed by atoms with Gasteiger partial charge in [0.2, 0.25) is 0 Å². The second kappa shape index (κ2) is 13.5. The van der Waals surface area contributed by atoms with E-state index in [0.29, 0.717) is 32.5 Å². The standard InChI is InChI=1S/C31H48O6/c1-22(13-12-14-23(2)32)28(36-27-17-10-11-19-34-27)25(21-24-15-8-7-9-16-24)29(33)30(3,4)26-18-20-35-31(5,6)37-26/h7-9,15-16,22,25-28H,10-14,17-21H2,1-6H3/t22-,25+,26-,27?,28?/m0/s1. The normalized spacial score (nSPS) is 24.7. The molecule has 0 amide bonds. The van der Waals surface area contributed by atoms with Crippen LogP contribution in [0.2, 0.25) is 0 Å². The van der Waals surface area contributed by atoms with Crippen LogP contribution < -0.4 is 0 Å². The maximum Gasteiger partial charge on any atom is 0.163 e. The Hall–Kier alpha value is -1.60. The average Bonchev–Trinajstić information content (AvgIpc) is 2.86. The summed E-state index contributed by atoms with van der Waals surface area (Å²) >= 11 is 0. The molecule has 0 aliphatic carbocycles. The van der Waals surface area contributed by atoms with Gasteiger partial charge in [-0.25, -0.2) is 0 Å². The summed E-state index contributed by atoms with van der Waals surface area (Å²) in [4.78, 5) is 26.2. The second-order valence-electron chi connectivity index (χ2n) is 12.0. The number of hydrogen-bond donors (Lipinski definition) is 0. The molecule has 0 saturated carbocycles. The van der Waals surface area contributed by atoms with E-state index in [9.17, 15) is 9.59 Å². The number of carbonyl (C=O) groups excluding carboxylic acids is 2. The molecule has 1 aromatic carbocycles. The van der Waals surface area contributed by atoms with E-state index in [1.54, 1.807) is 6.92 Å². The molecular weight excluding hydrogens is 468 g/mol. The minimum Gasteiger partial charge on any atom is -0.353 e. The first-order chi connectivity index (χ1) is 17.5. The first kappa shape index (κ1) is 29.9. The molecule has 37 heavy (non-hydrogen) atoms. The lowest BCUT2D eigenvalue weighted by Gasteiger charge is -2.45. The molecule has 5 atom stereocenters. The Balaban J connectivity index is 1.92. The number of benzene rings is 1. The molecule has 2 aliphatic heterocycles. The largest absolute Gasteiger partial charge is 0.353 e. The van der Waals surface area contributed by atoms with Crippen molar-refractivity contribution in [3.05, 3.63) is 35.9 Å². The number of carbonyl (C=O) groups is 2. The highest BCUT2D eigenvalue weighted by atomic mass is 16.7. The molecule has 0 radical (unpaired) electrons. The highest BCUT2D eigenvalue weighted by Crippen LogP contribution is 2.40. The van der Waals surface area contributed by atoms with Crippen LogP contribution in [0, 0.1) is 17.3 Å². The third-order valence-corrected chi connectivity index (χ3v) is 7.92. The second-order valence-corrected chi connectivity index (χ2v) is 12.0. The maximum atomic E-state index is 14.6. The van der Waals surface area contributed by atoms with Crippen molar-refractivity contribution in [2.45, 2.75) is 117 Å². The summed E-state index contributed by atoms with van der Waals surface area (Å²) in [6.07, 6.45) is 5.46. The minimum absolute atomic E-state index is 0.0883. The smallest absolute Gasteiger partial charge is 0.163 e. The molecule has 0 aromatic heterocycles. The molecule has 0 N–H and O–H groups in total. The summed E-state index contributed by atoms with van der Waals surface area (Å²) in [6.45, 7) is 12.9. The van der Waals surface area contributed by atoms with E-state index >= 15 is 0 Å². The van der Waals surface area contributed by atoms with Gasteiger partial charge >= 0.3 is 0 Å². The van der Waals surface area contributed by atoms with Crippen LogP contribution in [0.15, 0.2) is 30.3 Å². The van der Waals surface area contributed by atoms with Crippen LogP contribution in [0.1, 0.15) is 92.1 Å². The molecule has 0 bridgehead atoms. The zero-order valence-corrected chi connectivity index (χ0v) is 23.8. The Labute approximate surface area is 223 Å². The van der Waals surface area contributed by atoms with E-state index in [2.05, 4.69) is 19.1 Å². The topological polar surface area (TPSA) is 71.1 Å². The predicted octanol–water partition coefficient (Wildman–Crippen LogP) is 6.29. The van der Waals surface area contributed by atoms with Gasteiger partial charge in [0.05, 0.1) is 24.2 Å². The SMILES string of the molecule is CC(=O)CCC[C@H](C)C(OC1CCCCO1)[C@@H](Cc1ccccc1)C(=O)C(C)(C)[C@@H]1CCOC(C)(C)O1. The Bertz CT molecular complexity index is 858. The third kappa shape index (κ3) is 8.71. The zero-order valence-electron chi connectivity index (χ0n) is 23.8. The van der Waals surface area contributed by atoms with Crippen molar-refractivity contribution in [3.8, 4) is 0 Å². The van der Waals surface area contributed by atoms with Gasteiger partial charge in [0.15, 0.2) is 12.1 Å². The van der Waals surface area contributed by atoms with E-state index in [-0.39, 0.29) is 41.9 Å². The number of hydrogen-bond acceptors (Lipinski definition) is 6. The van der Waals surface area contributed by atoms with Gasteiger partial charge < -0.3 is 23.7 Å². The van der Waals surface area contributed by atoms with E-state index in [4.69, 9.17) is 18.9 Å². The summed E-state index contributed by atoms with van der Waals surface area (Å²) in [5.74, 6) is -0.660. The number of ketones is 2. The molecule has 3 rings (SSSR count). The molecule has 6 nitrogen and oxygen atoms in total. The molecule has 1 aromatic rings. The Morgan fingerprint density at radius 1 is 1.11 bits per heavy atom. The number of Topliss-reactive ketones (excluding diaryl/α,β-unsaturated/α-hetero) is 2. The zero-order chi connectivity index (χ0) is 27.1. The van der Waals surface area contributed by atoms with Gasteiger partial charge in [-0.05, 0) is 77.2 Å². The molecule has 2 fully saturated rings. The lowest BCUT2D eigenvalue weighted by atomic mass is 9.70. The van der Waals surface area contributed by atoms with Crippen molar-refractivity contribution < 1.29 is 28.5 Å². The average molecular weight is 517 g/mol. The number of rotatable bonds is 13. The fourth-order valence-electron chi connectivity index (χ4n) is 5.67. The Kier molecular flexibility index (Phi) is 10.9. The predicted molar refractivity (Wildman–Crippen MR) is 144 cm³/mol. The van der Waals surface area contributed by atoms with Crippen molar-refractivity contribution >= 4 is 11.6 Å². The van der Waals surface area contributed by atoms with Gasteiger partial charge in [0.1, 0.15) is 11.6 Å². The van der Waals surface area contributed by atoms with Crippen molar-refractivity contribution in [1.82, 2.24) is 0 Å². The quantitative estimate of drug-likeness (QED) is 0.307. The molecule has 2 heterocycles. The van der Waals surface area contributed by atoms with Crippen molar-refractivity contribution in [1.29, 1.82) is 0 Å². The summed E-state index contributed by atoms with van der Waals surface area (Å²) < 4.78 is 24.7. The summed E-state index contributed by atoms with van der Waals surface area (Å²) in [7, 11) is 0.